The van der Waals surface area contributed by atoms with Crippen molar-refractivity contribution < 1.29 is 19.1 Å². The molecule has 1 saturated heterocycles. The highest BCUT2D eigenvalue weighted by molar-refractivity contribution is 5.98. The number of ether oxygens (including phenoxy) is 2. The highest BCUT2D eigenvalue weighted by Crippen LogP contribution is 2.31. The molecule has 1 aromatic rings. The summed E-state index contributed by atoms with van der Waals surface area (Å²) in [5.74, 6) is 0.174. The van der Waals surface area contributed by atoms with Crippen molar-refractivity contribution in [1.82, 2.24) is 5.32 Å². The summed E-state index contributed by atoms with van der Waals surface area (Å²) < 4.78 is 10.5. The Morgan fingerprint density at radius 1 is 1.39 bits per heavy atom. The average Bonchev–Trinajstić information content (AvgIpc) is 3.03. The molecule has 1 aliphatic rings. The summed E-state index contributed by atoms with van der Waals surface area (Å²) in [7, 11) is 1.50. The van der Waals surface area contributed by atoms with E-state index in [1.165, 1.54) is 7.11 Å². The number of primary amides is 1. The topological polar surface area (TPSA) is 103 Å². The van der Waals surface area contributed by atoms with Crippen molar-refractivity contribution >= 4 is 17.5 Å². The Hall–Kier alpha value is -2.28. The van der Waals surface area contributed by atoms with Crippen LogP contribution in [0, 0.1) is 0 Å². The number of nitrogens with one attached hydrogen (secondary N) is 2. The molecular weight excluding hydrogens is 298 g/mol. The molecule has 1 atom stereocenters. The monoisotopic (exact) mass is 321 g/mol. The minimum Gasteiger partial charge on any atom is -0.493 e. The van der Waals surface area contributed by atoms with Gasteiger partial charge in [0.15, 0.2) is 18.1 Å². The van der Waals surface area contributed by atoms with Crippen molar-refractivity contribution in [2.45, 2.75) is 31.7 Å². The predicted octanol–water partition coefficient (Wildman–Crippen LogP) is 1.03. The number of hydrogen-bond acceptors (Lipinski definition) is 5. The average molecular weight is 321 g/mol. The van der Waals surface area contributed by atoms with Crippen molar-refractivity contribution in [3.8, 4) is 11.5 Å². The second-order valence-electron chi connectivity index (χ2n) is 5.54. The van der Waals surface area contributed by atoms with E-state index in [4.69, 9.17) is 15.2 Å². The molecule has 7 heteroatoms. The first kappa shape index (κ1) is 17.1. The fourth-order valence-corrected chi connectivity index (χ4v) is 2.73. The summed E-state index contributed by atoms with van der Waals surface area (Å²) in [5.41, 5.74) is 5.15. The van der Waals surface area contributed by atoms with Gasteiger partial charge in [-0.05, 0) is 37.9 Å². The first-order valence-electron chi connectivity index (χ1n) is 7.66. The summed E-state index contributed by atoms with van der Waals surface area (Å²) in [6.45, 7) is 2.58. The number of methoxy groups -OCH3 is 1. The number of anilines is 1. The molecule has 0 aromatic heterocycles. The Balaban J connectivity index is 2.14. The molecule has 1 heterocycles. The van der Waals surface area contributed by atoms with Crippen molar-refractivity contribution in [2.75, 3.05) is 25.6 Å². The molecule has 4 N–H and O–H groups in total. The van der Waals surface area contributed by atoms with E-state index in [-0.39, 0.29) is 12.5 Å². The number of nitrogens with two attached hydrogens (primary N) is 1. The van der Waals surface area contributed by atoms with Crippen LogP contribution in [0.1, 0.15) is 26.2 Å². The first-order valence-corrected chi connectivity index (χ1v) is 7.66. The van der Waals surface area contributed by atoms with Crippen molar-refractivity contribution in [3.63, 3.8) is 0 Å². The molecule has 1 aliphatic heterocycles. The molecule has 0 saturated carbocycles. The molecule has 0 spiro atoms. The lowest BCUT2D eigenvalue weighted by Gasteiger charge is -2.26. The maximum atomic E-state index is 12.6. The maximum Gasteiger partial charge on any atom is 0.255 e. The summed E-state index contributed by atoms with van der Waals surface area (Å²) in [6, 6.07) is 5.02. The summed E-state index contributed by atoms with van der Waals surface area (Å²) >= 11 is 0. The number of hydrogen-bond donors (Lipinski definition) is 3. The fourth-order valence-electron chi connectivity index (χ4n) is 2.73. The Morgan fingerprint density at radius 2 is 2.17 bits per heavy atom. The quantitative estimate of drug-likeness (QED) is 0.696. The number of amides is 2. The molecule has 23 heavy (non-hydrogen) atoms. The Bertz CT molecular complexity index is 583. The zero-order valence-electron chi connectivity index (χ0n) is 13.5. The van der Waals surface area contributed by atoms with Crippen LogP contribution < -0.4 is 25.8 Å². The van der Waals surface area contributed by atoms with Gasteiger partial charge in [0, 0.05) is 11.8 Å². The van der Waals surface area contributed by atoms with Crippen molar-refractivity contribution in [3.05, 3.63) is 18.2 Å². The minimum absolute atomic E-state index is 0.0662. The van der Waals surface area contributed by atoms with Gasteiger partial charge in [-0.25, -0.2) is 0 Å². The lowest BCUT2D eigenvalue weighted by atomic mass is 9.93. The van der Waals surface area contributed by atoms with Gasteiger partial charge >= 0.3 is 0 Å². The van der Waals surface area contributed by atoms with Gasteiger partial charge in [-0.1, -0.05) is 6.92 Å². The first-order chi connectivity index (χ1) is 11.0. The lowest BCUT2D eigenvalue weighted by molar-refractivity contribution is -0.122. The van der Waals surface area contributed by atoms with E-state index in [1.807, 2.05) is 6.92 Å². The Labute approximate surface area is 135 Å². The van der Waals surface area contributed by atoms with Crippen LogP contribution in [0.15, 0.2) is 18.2 Å². The van der Waals surface area contributed by atoms with Gasteiger partial charge < -0.3 is 25.8 Å². The van der Waals surface area contributed by atoms with Gasteiger partial charge in [0.25, 0.3) is 5.91 Å². The number of rotatable bonds is 7. The van der Waals surface area contributed by atoms with E-state index in [0.29, 0.717) is 17.2 Å². The SMILES string of the molecule is CCC1(C(=O)Nc2ccc(OC)c(OCC(N)=O)c2)CCCN1. The van der Waals surface area contributed by atoms with Gasteiger partial charge in [0.05, 0.1) is 12.6 Å². The van der Waals surface area contributed by atoms with Crippen LogP contribution in [0.2, 0.25) is 0 Å². The molecule has 2 rings (SSSR count). The minimum atomic E-state index is -0.582. The zero-order valence-corrected chi connectivity index (χ0v) is 13.5. The molecule has 0 radical (unpaired) electrons. The van der Waals surface area contributed by atoms with Crippen LogP contribution in [0.25, 0.3) is 0 Å². The van der Waals surface area contributed by atoms with E-state index in [9.17, 15) is 9.59 Å². The molecule has 1 aromatic carbocycles. The molecule has 7 nitrogen and oxygen atoms in total. The molecule has 0 bridgehead atoms. The van der Waals surface area contributed by atoms with Crippen molar-refractivity contribution in [1.29, 1.82) is 0 Å². The van der Waals surface area contributed by atoms with Gasteiger partial charge in [0.2, 0.25) is 5.91 Å². The van der Waals surface area contributed by atoms with Crippen LogP contribution in [0.5, 0.6) is 11.5 Å². The van der Waals surface area contributed by atoms with Crippen LogP contribution >= 0.6 is 0 Å². The maximum absolute atomic E-state index is 12.6. The lowest BCUT2D eigenvalue weighted by Crippen LogP contribution is -2.50. The molecular formula is C16H23N3O4. The van der Waals surface area contributed by atoms with Gasteiger partial charge in [0.1, 0.15) is 0 Å². The van der Waals surface area contributed by atoms with Crippen LogP contribution in [-0.2, 0) is 9.59 Å². The van der Waals surface area contributed by atoms with E-state index in [1.54, 1.807) is 18.2 Å². The molecule has 1 fully saturated rings. The largest absolute Gasteiger partial charge is 0.493 e. The standard InChI is InChI=1S/C16H23N3O4/c1-3-16(7-4-8-18-16)15(21)19-11-5-6-12(22-2)13(9-11)23-10-14(17)20/h5-6,9,18H,3-4,7-8,10H2,1-2H3,(H2,17,20)(H,19,21). The molecule has 126 valence electrons. The number of carbonyl (C=O) groups excluding carboxylic acids is 2. The molecule has 1 unspecified atom stereocenters. The van der Waals surface area contributed by atoms with E-state index in [2.05, 4.69) is 10.6 Å². The second kappa shape index (κ2) is 7.32. The van der Waals surface area contributed by atoms with Gasteiger partial charge in [-0.3, -0.25) is 9.59 Å². The highest BCUT2D eigenvalue weighted by Gasteiger charge is 2.39. The third kappa shape index (κ3) is 3.92. The normalized spacial score (nSPS) is 20.1. The van der Waals surface area contributed by atoms with E-state index >= 15 is 0 Å². The van der Waals surface area contributed by atoms with Gasteiger partial charge in [-0.2, -0.15) is 0 Å². The highest BCUT2D eigenvalue weighted by atomic mass is 16.5. The van der Waals surface area contributed by atoms with E-state index < -0.39 is 11.4 Å². The molecule has 2 amide bonds. The predicted molar refractivity (Wildman–Crippen MR) is 86.6 cm³/mol. The number of benzene rings is 1. The Kier molecular flexibility index (Phi) is 5.44. The fraction of sp³-hybridized carbons (Fsp3) is 0.500. The van der Waals surface area contributed by atoms with Crippen molar-refractivity contribution in [2.24, 2.45) is 5.73 Å². The third-order valence-corrected chi connectivity index (χ3v) is 4.07. The second-order valence-corrected chi connectivity index (χ2v) is 5.54. The van der Waals surface area contributed by atoms with Gasteiger partial charge in [-0.15, -0.1) is 0 Å². The Morgan fingerprint density at radius 3 is 2.74 bits per heavy atom. The van der Waals surface area contributed by atoms with Crippen LogP contribution in [0.3, 0.4) is 0 Å². The van der Waals surface area contributed by atoms with E-state index in [0.717, 1.165) is 25.8 Å². The summed E-state index contributed by atoms with van der Waals surface area (Å²) in [4.78, 5) is 23.4. The smallest absolute Gasteiger partial charge is 0.255 e. The van der Waals surface area contributed by atoms with Crippen LogP contribution in [-0.4, -0.2) is 37.6 Å². The number of carbonyl (C=O) groups is 2. The summed E-state index contributed by atoms with van der Waals surface area (Å²) in [6.07, 6.45) is 2.52. The zero-order chi connectivity index (χ0) is 16.9. The third-order valence-electron chi connectivity index (χ3n) is 4.07. The molecule has 0 aliphatic carbocycles. The van der Waals surface area contributed by atoms with Crippen LogP contribution in [0.4, 0.5) is 5.69 Å². The summed E-state index contributed by atoms with van der Waals surface area (Å²) in [5, 5.41) is 6.19.